The molecule has 1 aliphatic heterocycles. The first-order chi connectivity index (χ1) is 7.11. The van der Waals surface area contributed by atoms with Crippen LogP contribution in [0.1, 0.15) is 40.2 Å². The van der Waals surface area contributed by atoms with Gasteiger partial charge >= 0.3 is 0 Å². The predicted octanol–water partition coefficient (Wildman–Crippen LogP) is 1.98. The average molecular weight is 208 g/mol. The Hall–Kier alpha value is -0.990. The molecule has 2 rings (SSSR count). The Labute approximate surface area is 92.3 Å². The lowest BCUT2D eigenvalue weighted by atomic mass is 10.2. The van der Waals surface area contributed by atoms with Crippen LogP contribution < -0.4 is 9.58 Å². The van der Waals surface area contributed by atoms with Gasteiger partial charge in [-0.05, 0) is 34.1 Å². The fourth-order valence-electron chi connectivity index (χ4n) is 2.38. The largest absolute Gasteiger partial charge is 0.351 e. The van der Waals surface area contributed by atoms with Gasteiger partial charge in [-0.15, -0.1) is 9.36 Å². The maximum absolute atomic E-state index is 2.49. The molecule has 0 unspecified atom stereocenters. The minimum Gasteiger partial charge on any atom is -0.351 e. The number of hydrogen-bond donors (Lipinski definition) is 0. The zero-order valence-corrected chi connectivity index (χ0v) is 10.3. The minimum atomic E-state index is 0.547. The van der Waals surface area contributed by atoms with Crippen LogP contribution in [0.4, 0.5) is 5.82 Å². The molecule has 84 valence electrons. The molecule has 0 N–H and O–H groups in total. The van der Waals surface area contributed by atoms with Crippen LogP contribution in [0.15, 0.2) is 12.3 Å². The van der Waals surface area contributed by atoms with Crippen molar-refractivity contribution >= 4 is 5.82 Å². The molecular weight excluding hydrogens is 186 g/mol. The monoisotopic (exact) mass is 208 g/mol. The van der Waals surface area contributed by atoms with Gasteiger partial charge in [0.2, 0.25) is 0 Å². The van der Waals surface area contributed by atoms with Crippen LogP contribution in [-0.4, -0.2) is 17.3 Å². The van der Waals surface area contributed by atoms with Crippen LogP contribution in [0.2, 0.25) is 0 Å². The summed E-state index contributed by atoms with van der Waals surface area (Å²) in [6.45, 7) is 11.4. The second kappa shape index (κ2) is 3.87. The fourth-order valence-corrected chi connectivity index (χ4v) is 2.38. The molecule has 0 radical (unpaired) electrons. The van der Waals surface area contributed by atoms with Crippen molar-refractivity contribution in [3.63, 3.8) is 0 Å². The quantitative estimate of drug-likeness (QED) is 0.677. The highest BCUT2D eigenvalue weighted by Crippen LogP contribution is 2.21. The van der Waals surface area contributed by atoms with E-state index in [0.717, 1.165) is 6.54 Å². The van der Waals surface area contributed by atoms with E-state index in [1.54, 1.807) is 0 Å². The summed E-state index contributed by atoms with van der Waals surface area (Å²) in [5, 5.41) is 0. The lowest BCUT2D eigenvalue weighted by Crippen LogP contribution is -2.49. The van der Waals surface area contributed by atoms with Crippen molar-refractivity contribution in [1.82, 2.24) is 4.68 Å². The van der Waals surface area contributed by atoms with Crippen molar-refractivity contribution in [2.45, 2.75) is 52.7 Å². The number of hydrogen-bond acceptors (Lipinski definition) is 1. The van der Waals surface area contributed by atoms with Crippen molar-refractivity contribution in [1.29, 1.82) is 0 Å². The third-order valence-electron chi connectivity index (χ3n) is 3.14. The Morgan fingerprint density at radius 2 is 1.93 bits per heavy atom. The molecule has 0 aromatic carbocycles. The van der Waals surface area contributed by atoms with E-state index in [4.69, 9.17) is 0 Å². The van der Waals surface area contributed by atoms with Gasteiger partial charge in [-0.2, -0.15) is 0 Å². The summed E-state index contributed by atoms with van der Waals surface area (Å²) in [4.78, 5) is 2.49. The maximum Gasteiger partial charge on any atom is 0.198 e. The molecule has 3 heteroatoms. The number of fused-ring (bicyclic) bond motifs is 1. The summed E-state index contributed by atoms with van der Waals surface area (Å²) < 4.78 is 4.75. The van der Waals surface area contributed by atoms with E-state index in [1.807, 2.05) is 0 Å². The zero-order valence-electron chi connectivity index (χ0n) is 10.3. The summed E-state index contributed by atoms with van der Waals surface area (Å²) in [5.74, 6) is 1.38. The predicted molar refractivity (Wildman–Crippen MR) is 62.1 cm³/mol. The zero-order chi connectivity index (χ0) is 11.0. The van der Waals surface area contributed by atoms with Gasteiger partial charge in [0.1, 0.15) is 0 Å². The van der Waals surface area contributed by atoms with E-state index >= 15 is 0 Å². The molecule has 1 aliphatic rings. The van der Waals surface area contributed by atoms with Crippen LogP contribution in [0.25, 0.3) is 0 Å². The second-order valence-electron chi connectivity index (χ2n) is 4.91. The molecule has 0 spiro atoms. The van der Waals surface area contributed by atoms with Crippen molar-refractivity contribution in [2.24, 2.45) is 0 Å². The fraction of sp³-hybridized carbons (Fsp3) is 0.750. The molecule has 0 saturated carbocycles. The molecule has 0 bridgehead atoms. The summed E-state index contributed by atoms with van der Waals surface area (Å²) in [5.41, 5.74) is 0. The molecular formula is C12H22N3+. The normalized spacial score (nSPS) is 16.3. The molecule has 1 aromatic heterocycles. The Morgan fingerprint density at radius 1 is 1.20 bits per heavy atom. The third-order valence-corrected chi connectivity index (χ3v) is 3.14. The first kappa shape index (κ1) is 10.5. The van der Waals surface area contributed by atoms with E-state index in [1.165, 1.54) is 18.8 Å². The van der Waals surface area contributed by atoms with E-state index in [-0.39, 0.29) is 0 Å². The lowest BCUT2D eigenvalue weighted by Gasteiger charge is -2.31. The number of aromatic nitrogens is 2. The SMILES string of the molecule is CC(C)N1CCCn2c1cc[n+]2C(C)C. The standard InChI is InChI=1S/C12H22N3/c1-10(2)13-7-5-8-15-12(13)6-9-14(15)11(3)4/h6,9-11H,5,7-8H2,1-4H3/q+1. The Kier molecular flexibility index (Phi) is 2.72. The van der Waals surface area contributed by atoms with Crippen LogP contribution in [0.5, 0.6) is 0 Å². The van der Waals surface area contributed by atoms with Crippen LogP contribution in [-0.2, 0) is 6.54 Å². The van der Waals surface area contributed by atoms with Gasteiger partial charge in [0.25, 0.3) is 0 Å². The number of rotatable bonds is 2. The van der Waals surface area contributed by atoms with E-state index in [0.29, 0.717) is 12.1 Å². The van der Waals surface area contributed by atoms with Crippen LogP contribution >= 0.6 is 0 Å². The molecule has 15 heavy (non-hydrogen) atoms. The van der Waals surface area contributed by atoms with Gasteiger partial charge in [0.05, 0.1) is 12.6 Å². The number of nitrogens with zero attached hydrogens (tertiary/aromatic N) is 3. The molecule has 0 atom stereocenters. The highest BCUT2D eigenvalue weighted by atomic mass is 15.5. The van der Waals surface area contributed by atoms with Gasteiger partial charge in [0.15, 0.2) is 18.1 Å². The number of anilines is 1. The van der Waals surface area contributed by atoms with Gasteiger partial charge < -0.3 is 4.90 Å². The van der Waals surface area contributed by atoms with Gasteiger partial charge in [-0.1, -0.05) is 0 Å². The van der Waals surface area contributed by atoms with Crippen molar-refractivity contribution in [2.75, 3.05) is 11.4 Å². The smallest absolute Gasteiger partial charge is 0.198 e. The van der Waals surface area contributed by atoms with Crippen molar-refractivity contribution in [3.05, 3.63) is 12.3 Å². The van der Waals surface area contributed by atoms with Crippen LogP contribution in [0.3, 0.4) is 0 Å². The summed E-state index contributed by atoms with van der Waals surface area (Å²) in [7, 11) is 0. The van der Waals surface area contributed by atoms with Gasteiger partial charge in [-0.3, -0.25) is 0 Å². The molecule has 0 saturated heterocycles. The first-order valence-electron chi connectivity index (χ1n) is 5.99. The highest BCUT2D eigenvalue weighted by Gasteiger charge is 2.26. The molecule has 0 fully saturated rings. The maximum atomic E-state index is 2.49. The van der Waals surface area contributed by atoms with Gasteiger partial charge in [0, 0.05) is 12.6 Å². The van der Waals surface area contributed by atoms with Crippen molar-refractivity contribution in [3.8, 4) is 0 Å². The molecule has 1 aromatic rings. The van der Waals surface area contributed by atoms with Crippen LogP contribution in [0, 0.1) is 0 Å². The summed E-state index contributed by atoms with van der Waals surface area (Å²) >= 11 is 0. The summed E-state index contributed by atoms with van der Waals surface area (Å²) in [6.07, 6.45) is 3.47. The van der Waals surface area contributed by atoms with E-state index in [9.17, 15) is 0 Å². The van der Waals surface area contributed by atoms with Gasteiger partial charge in [-0.25, -0.2) is 0 Å². The second-order valence-corrected chi connectivity index (χ2v) is 4.91. The molecule has 0 amide bonds. The van der Waals surface area contributed by atoms with E-state index < -0.39 is 0 Å². The summed E-state index contributed by atoms with van der Waals surface area (Å²) in [6, 6.07) is 3.39. The molecule has 0 aliphatic carbocycles. The minimum absolute atomic E-state index is 0.547. The Balaban J connectivity index is 2.38. The average Bonchev–Trinajstić information content (AvgIpc) is 2.59. The highest BCUT2D eigenvalue weighted by molar-refractivity contribution is 5.39. The molecule has 3 nitrogen and oxygen atoms in total. The van der Waals surface area contributed by atoms with E-state index in [2.05, 4.69) is 54.2 Å². The molecule has 2 heterocycles. The first-order valence-corrected chi connectivity index (χ1v) is 5.99. The van der Waals surface area contributed by atoms with Crippen molar-refractivity contribution < 1.29 is 4.68 Å². The third kappa shape index (κ3) is 1.75. The topological polar surface area (TPSA) is 12.1 Å². The Morgan fingerprint density at radius 3 is 2.53 bits per heavy atom. The Bertz CT molecular complexity index is 339. The lowest BCUT2D eigenvalue weighted by molar-refractivity contribution is -0.791.